The summed E-state index contributed by atoms with van der Waals surface area (Å²) in [5.41, 5.74) is 4.56. The number of hydrogen-bond donors (Lipinski definition) is 3. The van der Waals surface area contributed by atoms with Crippen LogP contribution in [0, 0.1) is 5.41 Å². The van der Waals surface area contributed by atoms with Gasteiger partial charge in [0.15, 0.2) is 0 Å². The normalized spacial score (nSPS) is 19.0. The van der Waals surface area contributed by atoms with Crippen molar-refractivity contribution in [3.63, 3.8) is 0 Å². The maximum Gasteiger partial charge on any atom is 0.323 e. The van der Waals surface area contributed by atoms with Crippen molar-refractivity contribution in [2.45, 2.75) is 30.9 Å². The molecular weight excluding hydrogens is 626 g/mol. The zero-order chi connectivity index (χ0) is 29.7. The van der Waals surface area contributed by atoms with E-state index in [1.807, 2.05) is 36.4 Å². The Morgan fingerprint density at radius 2 is 1.90 bits per heavy atom. The number of rotatable bonds is 12. The number of benzene rings is 3. The van der Waals surface area contributed by atoms with Crippen LogP contribution in [0.2, 0.25) is 5.02 Å². The number of aliphatic hydroxyl groups is 1. The Labute approximate surface area is 255 Å². The summed E-state index contributed by atoms with van der Waals surface area (Å²) in [6.07, 6.45) is 6.24. The molecule has 42 heavy (non-hydrogen) atoms. The van der Waals surface area contributed by atoms with Gasteiger partial charge in [-0.05, 0) is 45.2 Å². The molecule has 4 aromatic rings. The van der Waals surface area contributed by atoms with Gasteiger partial charge >= 0.3 is 5.97 Å². The van der Waals surface area contributed by atoms with Crippen LogP contribution in [0.1, 0.15) is 23.6 Å². The molecule has 218 valence electrons. The van der Waals surface area contributed by atoms with E-state index in [2.05, 4.69) is 62.8 Å². The van der Waals surface area contributed by atoms with E-state index in [4.69, 9.17) is 25.7 Å². The van der Waals surface area contributed by atoms with Gasteiger partial charge in [-0.3, -0.25) is 10.1 Å². The van der Waals surface area contributed by atoms with Crippen molar-refractivity contribution in [2.75, 3.05) is 13.2 Å². The van der Waals surface area contributed by atoms with E-state index in [0.717, 1.165) is 16.7 Å². The molecule has 0 aliphatic heterocycles. The number of hydrogen-bond acceptors (Lipinski definition) is 8. The van der Waals surface area contributed by atoms with Gasteiger partial charge in [-0.1, -0.05) is 89.1 Å². The quantitative estimate of drug-likeness (QED) is 0.163. The van der Waals surface area contributed by atoms with Gasteiger partial charge in [0.05, 0.1) is 23.1 Å². The molecule has 11 heteroatoms. The number of aromatic nitrogens is 2. The van der Waals surface area contributed by atoms with Crippen LogP contribution < -0.4 is 14.8 Å². The first-order valence-corrected chi connectivity index (χ1v) is 14.5. The fraction of sp³-hybridized carbons (Fsp3) is 0.258. The van der Waals surface area contributed by atoms with Crippen molar-refractivity contribution in [3.05, 3.63) is 101 Å². The van der Waals surface area contributed by atoms with Gasteiger partial charge in [0.2, 0.25) is 0 Å². The molecule has 9 nitrogen and oxygen atoms in total. The van der Waals surface area contributed by atoms with E-state index in [-0.39, 0.29) is 23.4 Å². The fourth-order valence-corrected chi connectivity index (χ4v) is 5.57. The summed E-state index contributed by atoms with van der Waals surface area (Å²) in [7, 11) is 0. The van der Waals surface area contributed by atoms with Crippen LogP contribution in [0.25, 0.3) is 16.6 Å². The lowest BCUT2D eigenvalue weighted by Gasteiger charge is -2.35. The van der Waals surface area contributed by atoms with Gasteiger partial charge in [-0.2, -0.15) is 0 Å². The molecule has 1 aliphatic carbocycles. The number of halogens is 2. The highest BCUT2D eigenvalue weighted by atomic mass is 79.9. The van der Waals surface area contributed by atoms with Crippen molar-refractivity contribution in [1.82, 2.24) is 15.6 Å². The fourth-order valence-electron chi connectivity index (χ4n) is 4.62. The first-order valence-electron chi connectivity index (χ1n) is 13.2. The van der Waals surface area contributed by atoms with Crippen LogP contribution in [0.3, 0.4) is 0 Å². The average Bonchev–Trinajstić information content (AvgIpc) is 3.46. The molecule has 3 aromatic carbocycles. The Morgan fingerprint density at radius 1 is 1.12 bits per heavy atom. The third-order valence-corrected chi connectivity index (χ3v) is 8.93. The Kier molecular flexibility index (Phi) is 9.27. The number of ether oxygens (including phenoxy) is 2. The maximum absolute atomic E-state index is 11.4. The molecule has 1 aromatic heterocycles. The SMILES string of the molecule is CC1(COc2cc(OCc3ccc4nonc4c3)c(CNC(CO)C(=O)O)cc2Cl)C=CC=C(c2ccccc2)C1Br. The minimum atomic E-state index is -1.16. The first kappa shape index (κ1) is 29.8. The van der Waals surface area contributed by atoms with Crippen LogP contribution in [0.5, 0.6) is 11.5 Å². The number of alkyl halides is 1. The van der Waals surface area contributed by atoms with E-state index in [9.17, 15) is 15.0 Å². The molecule has 0 bridgehead atoms. The number of aliphatic carboxylic acids is 1. The van der Waals surface area contributed by atoms with Crippen molar-refractivity contribution in [3.8, 4) is 11.5 Å². The van der Waals surface area contributed by atoms with Gasteiger partial charge in [0.1, 0.15) is 35.2 Å². The molecule has 0 saturated carbocycles. The standard InChI is InChI=1S/C31H29BrClN3O6/c1-31(11-5-8-22(29(31)32)20-6-3-2-4-7-20)18-41-28-14-27(21(13-23(28)33)15-34-26(16-37)30(38)39)40-17-19-9-10-24-25(12-19)36-42-35-24/h2-14,26,29,34,37H,15-18H2,1H3,(H,38,39). The summed E-state index contributed by atoms with van der Waals surface area (Å²) in [6.45, 7) is 2.15. The second-order valence-electron chi connectivity index (χ2n) is 10.2. The van der Waals surface area contributed by atoms with E-state index in [1.165, 1.54) is 0 Å². The highest BCUT2D eigenvalue weighted by Gasteiger charge is 2.36. The Hall–Kier alpha value is -3.70. The van der Waals surface area contributed by atoms with Crippen molar-refractivity contribution in [1.29, 1.82) is 0 Å². The maximum atomic E-state index is 11.4. The number of carbonyl (C=O) groups is 1. The van der Waals surface area contributed by atoms with E-state index < -0.39 is 18.6 Å². The Morgan fingerprint density at radius 3 is 2.67 bits per heavy atom. The van der Waals surface area contributed by atoms with E-state index in [1.54, 1.807) is 18.2 Å². The lowest BCUT2D eigenvalue weighted by Crippen LogP contribution is -2.39. The lowest BCUT2D eigenvalue weighted by atomic mass is 9.78. The smallest absolute Gasteiger partial charge is 0.323 e. The molecule has 1 aliphatic rings. The minimum Gasteiger partial charge on any atom is -0.491 e. The number of carboxylic acids is 1. The van der Waals surface area contributed by atoms with Gasteiger partial charge < -0.3 is 19.7 Å². The predicted octanol–water partition coefficient (Wildman–Crippen LogP) is 5.79. The lowest BCUT2D eigenvalue weighted by molar-refractivity contribution is -0.140. The minimum absolute atomic E-state index is 0.0114. The summed E-state index contributed by atoms with van der Waals surface area (Å²) < 4.78 is 17.3. The largest absolute Gasteiger partial charge is 0.491 e. The third kappa shape index (κ3) is 6.68. The average molecular weight is 655 g/mol. The molecule has 3 N–H and O–H groups in total. The first-order chi connectivity index (χ1) is 20.3. The number of nitrogens with one attached hydrogen (secondary N) is 1. The highest BCUT2D eigenvalue weighted by molar-refractivity contribution is 9.09. The zero-order valence-electron chi connectivity index (χ0n) is 22.7. The van der Waals surface area contributed by atoms with Gasteiger partial charge in [-0.15, -0.1) is 0 Å². The molecule has 3 atom stereocenters. The molecule has 5 rings (SSSR count). The van der Waals surface area contributed by atoms with Crippen LogP contribution in [-0.2, 0) is 17.9 Å². The monoisotopic (exact) mass is 653 g/mol. The van der Waals surface area contributed by atoms with Crippen molar-refractivity contribution < 1.29 is 29.1 Å². The molecule has 0 fully saturated rings. The Balaban J connectivity index is 1.36. The van der Waals surface area contributed by atoms with E-state index >= 15 is 0 Å². The van der Waals surface area contributed by atoms with E-state index in [0.29, 0.717) is 39.7 Å². The third-order valence-electron chi connectivity index (χ3n) is 7.10. The Bertz CT molecular complexity index is 1630. The number of nitrogens with zero attached hydrogens (tertiary/aromatic N) is 2. The molecule has 0 radical (unpaired) electrons. The molecule has 0 spiro atoms. The van der Waals surface area contributed by atoms with Crippen LogP contribution >= 0.6 is 27.5 Å². The van der Waals surface area contributed by atoms with Crippen molar-refractivity contribution in [2.24, 2.45) is 5.41 Å². The summed E-state index contributed by atoms with van der Waals surface area (Å²) in [6, 6.07) is 17.9. The molecular formula is C31H29BrClN3O6. The predicted molar refractivity (Wildman–Crippen MR) is 163 cm³/mol. The van der Waals surface area contributed by atoms with Crippen molar-refractivity contribution >= 4 is 50.1 Å². The summed E-state index contributed by atoms with van der Waals surface area (Å²) in [4.78, 5) is 11.4. The number of aliphatic hydroxyl groups excluding tert-OH is 1. The summed E-state index contributed by atoms with van der Waals surface area (Å²) in [5, 5.41) is 29.7. The summed E-state index contributed by atoms with van der Waals surface area (Å²) >= 11 is 10.6. The number of carboxylic acid groups (broad SMARTS) is 1. The van der Waals surface area contributed by atoms with Crippen LogP contribution in [0.4, 0.5) is 0 Å². The topological polar surface area (TPSA) is 127 Å². The highest BCUT2D eigenvalue weighted by Crippen LogP contribution is 2.43. The molecule has 0 saturated heterocycles. The number of allylic oxidation sites excluding steroid dienone is 3. The van der Waals surface area contributed by atoms with Gasteiger partial charge in [-0.25, -0.2) is 4.63 Å². The zero-order valence-corrected chi connectivity index (χ0v) is 25.0. The van der Waals surface area contributed by atoms with Crippen LogP contribution in [0.15, 0.2) is 83.5 Å². The van der Waals surface area contributed by atoms with Crippen LogP contribution in [-0.4, -0.2) is 50.6 Å². The van der Waals surface area contributed by atoms with Gasteiger partial charge in [0.25, 0.3) is 0 Å². The molecule has 1 heterocycles. The number of fused-ring (bicyclic) bond motifs is 1. The van der Waals surface area contributed by atoms with Gasteiger partial charge in [0, 0.05) is 23.6 Å². The molecule has 0 amide bonds. The second kappa shape index (κ2) is 13.1. The molecule has 3 unspecified atom stereocenters. The second-order valence-corrected chi connectivity index (χ2v) is 11.5. The summed E-state index contributed by atoms with van der Waals surface area (Å²) in [5.74, 6) is -0.289.